The molecule has 0 fully saturated rings. The molecule has 4 rings (SSSR count). The molecule has 0 aliphatic carbocycles. The summed E-state index contributed by atoms with van der Waals surface area (Å²) in [4.78, 5) is 32.3. The molecule has 0 saturated carbocycles. The van der Waals surface area contributed by atoms with Gasteiger partial charge in [-0.2, -0.15) is 18.3 Å². The Bertz CT molecular complexity index is 1610. The highest BCUT2D eigenvalue weighted by molar-refractivity contribution is 5.95. The molecule has 1 aromatic carbocycles. The van der Waals surface area contributed by atoms with Crippen molar-refractivity contribution in [1.29, 1.82) is 0 Å². The third-order valence-electron chi connectivity index (χ3n) is 6.25. The first kappa shape index (κ1) is 30.5. The van der Waals surface area contributed by atoms with Crippen LogP contribution >= 0.6 is 0 Å². The van der Waals surface area contributed by atoms with Gasteiger partial charge in [0.05, 0.1) is 30.8 Å². The zero-order chi connectivity index (χ0) is 30.7. The van der Waals surface area contributed by atoms with Gasteiger partial charge in [-0.1, -0.05) is 32.9 Å². The van der Waals surface area contributed by atoms with Crippen LogP contribution in [0.15, 0.2) is 48.7 Å². The number of aryl methyl sites for hydroxylation is 1. The Labute approximate surface area is 241 Å². The average Bonchev–Trinajstić information content (AvgIpc) is 3.35. The maximum Gasteiger partial charge on any atom is 0.433 e. The van der Waals surface area contributed by atoms with Gasteiger partial charge in [0.2, 0.25) is 11.8 Å². The van der Waals surface area contributed by atoms with Crippen LogP contribution in [0.3, 0.4) is 0 Å². The van der Waals surface area contributed by atoms with Gasteiger partial charge in [0, 0.05) is 34.7 Å². The Kier molecular flexibility index (Phi) is 8.83. The van der Waals surface area contributed by atoms with Crippen molar-refractivity contribution >= 4 is 23.2 Å². The molecule has 3 aromatic heterocycles. The molecule has 0 aliphatic rings. The number of ether oxygens (including phenoxy) is 2. The molecular weight excluding hydrogens is 551 g/mol. The molecule has 42 heavy (non-hydrogen) atoms. The summed E-state index contributed by atoms with van der Waals surface area (Å²) in [5.74, 6) is -0.768. The number of alkyl halides is 3. The number of carbonyl (C=O) groups excluding carboxylic acids is 2. The number of aromatic nitrogens is 4. The van der Waals surface area contributed by atoms with Crippen LogP contribution in [0.2, 0.25) is 0 Å². The summed E-state index contributed by atoms with van der Waals surface area (Å²) in [6, 6.07) is 11.1. The lowest BCUT2D eigenvalue weighted by Crippen LogP contribution is -2.27. The van der Waals surface area contributed by atoms with Gasteiger partial charge in [-0.05, 0) is 50.1 Å². The van der Waals surface area contributed by atoms with Gasteiger partial charge in [-0.15, -0.1) is 0 Å². The van der Waals surface area contributed by atoms with Crippen molar-refractivity contribution in [2.75, 3.05) is 18.5 Å². The van der Waals surface area contributed by atoms with E-state index in [4.69, 9.17) is 9.47 Å². The van der Waals surface area contributed by atoms with Gasteiger partial charge < -0.3 is 14.8 Å². The first-order chi connectivity index (χ1) is 19.7. The van der Waals surface area contributed by atoms with Gasteiger partial charge in [-0.3, -0.25) is 9.59 Å². The number of anilines is 1. The molecule has 0 bridgehead atoms. The lowest BCUT2D eigenvalue weighted by molar-refractivity contribution is -0.143. The summed E-state index contributed by atoms with van der Waals surface area (Å²) in [5, 5.41) is 7.44. The minimum Gasteiger partial charge on any atom is -0.478 e. The van der Waals surface area contributed by atoms with Crippen LogP contribution < -0.4 is 10.1 Å². The lowest BCUT2D eigenvalue weighted by atomic mass is 9.95. The summed E-state index contributed by atoms with van der Waals surface area (Å²) < 4.78 is 52.7. The first-order valence-electron chi connectivity index (χ1n) is 13.4. The average molecular weight is 584 g/mol. The number of hydrogen-bond donors (Lipinski definition) is 1. The van der Waals surface area contributed by atoms with Crippen molar-refractivity contribution < 1.29 is 32.2 Å². The first-order valence-corrected chi connectivity index (χ1v) is 13.4. The fourth-order valence-electron chi connectivity index (χ4n) is 3.90. The standard InChI is InChI=1S/C30H32F3N5O4/c1-6-41-27(39)8-7-13-42-26-16-20(15-24(36-26)30(31,32)33)21-11-12-25-34-23(17-38(25)37-21)19-10-9-18(2)22(14-19)35-28(40)29(3,4)5/h9-12,14-17H,6-8,13H2,1-5H3,(H,35,40). The molecule has 4 aromatic rings. The van der Waals surface area contributed by atoms with E-state index in [1.807, 2.05) is 45.9 Å². The van der Waals surface area contributed by atoms with Crippen molar-refractivity contribution in [2.24, 2.45) is 5.41 Å². The molecule has 9 nitrogen and oxygen atoms in total. The van der Waals surface area contributed by atoms with Crippen LogP contribution in [-0.4, -0.2) is 44.7 Å². The topological polar surface area (TPSA) is 108 Å². The highest BCUT2D eigenvalue weighted by atomic mass is 19.4. The minimum absolute atomic E-state index is 0.0152. The number of benzene rings is 1. The molecule has 12 heteroatoms. The molecule has 0 unspecified atom stereocenters. The Hall–Kier alpha value is -4.48. The molecule has 3 heterocycles. The molecule has 1 amide bonds. The summed E-state index contributed by atoms with van der Waals surface area (Å²) in [6.07, 6.45) is -2.71. The Morgan fingerprint density at radius 3 is 2.43 bits per heavy atom. The number of hydrogen-bond acceptors (Lipinski definition) is 7. The van der Waals surface area contributed by atoms with E-state index in [9.17, 15) is 22.8 Å². The van der Waals surface area contributed by atoms with E-state index in [1.54, 1.807) is 25.3 Å². The van der Waals surface area contributed by atoms with Gasteiger partial charge >= 0.3 is 12.1 Å². The zero-order valence-corrected chi connectivity index (χ0v) is 24.0. The van der Waals surface area contributed by atoms with E-state index in [0.29, 0.717) is 17.0 Å². The highest BCUT2D eigenvalue weighted by Gasteiger charge is 2.34. The third-order valence-corrected chi connectivity index (χ3v) is 6.25. The van der Waals surface area contributed by atoms with Gasteiger partial charge in [0.25, 0.3) is 0 Å². The number of amides is 1. The van der Waals surface area contributed by atoms with Crippen molar-refractivity contribution in [3.8, 4) is 28.4 Å². The maximum absolute atomic E-state index is 13.7. The molecular formula is C30H32F3N5O4. The summed E-state index contributed by atoms with van der Waals surface area (Å²) in [7, 11) is 0. The van der Waals surface area contributed by atoms with Crippen LogP contribution in [0.1, 0.15) is 51.8 Å². The van der Waals surface area contributed by atoms with E-state index in [2.05, 4.69) is 20.4 Å². The quantitative estimate of drug-likeness (QED) is 0.177. The normalized spacial score (nSPS) is 11.9. The van der Waals surface area contributed by atoms with E-state index in [0.717, 1.165) is 17.2 Å². The number of imidazole rings is 1. The number of carbonyl (C=O) groups is 2. The predicted octanol–water partition coefficient (Wildman–Crippen LogP) is 6.49. The monoisotopic (exact) mass is 583 g/mol. The molecule has 0 saturated heterocycles. The number of nitrogens with one attached hydrogen (secondary N) is 1. The predicted molar refractivity (Wildman–Crippen MR) is 151 cm³/mol. The van der Waals surface area contributed by atoms with Crippen LogP contribution in [0.25, 0.3) is 28.2 Å². The van der Waals surface area contributed by atoms with Crippen LogP contribution in [0, 0.1) is 12.3 Å². The second-order valence-electron chi connectivity index (χ2n) is 10.7. The second kappa shape index (κ2) is 12.2. The molecule has 0 radical (unpaired) electrons. The minimum atomic E-state index is -4.71. The van der Waals surface area contributed by atoms with Gasteiger partial charge in [-0.25, -0.2) is 14.5 Å². The van der Waals surface area contributed by atoms with Gasteiger partial charge in [0.1, 0.15) is 5.69 Å². The number of esters is 1. The van der Waals surface area contributed by atoms with Crippen molar-refractivity contribution in [2.45, 2.75) is 53.6 Å². The fourth-order valence-corrected chi connectivity index (χ4v) is 3.90. The van der Waals surface area contributed by atoms with E-state index < -0.39 is 23.3 Å². The van der Waals surface area contributed by atoms with E-state index >= 15 is 0 Å². The van der Waals surface area contributed by atoms with Crippen molar-refractivity contribution in [1.82, 2.24) is 19.6 Å². The van der Waals surface area contributed by atoms with Crippen molar-refractivity contribution in [3.05, 3.63) is 59.9 Å². The molecule has 0 spiro atoms. The number of pyridine rings is 1. The summed E-state index contributed by atoms with van der Waals surface area (Å²) >= 11 is 0. The molecule has 0 aliphatic heterocycles. The lowest BCUT2D eigenvalue weighted by Gasteiger charge is -2.19. The number of fused-ring (bicyclic) bond motifs is 1. The number of halogens is 3. The summed E-state index contributed by atoms with van der Waals surface area (Å²) in [6.45, 7) is 9.29. The molecule has 1 N–H and O–H groups in total. The smallest absolute Gasteiger partial charge is 0.433 e. The Morgan fingerprint density at radius 1 is 0.976 bits per heavy atom. The summed E-state index contributed by atoms with van der Waals surface area (Å²) in [5.41, 5.74) is 2.03. The third kappa shape index (κ3) is 7.42. The number of rotatable bonds is 9. The van der Waals surface area contributed by atoms with Crippen LogP contribution in [0.4, 0.5) is 18.9 Å². The van der Waals surface area contributed by atoms with Gasteiger partial charge in [0.15, 0.2) is 5.65 Å². The van der Waals surface area contributed by atoms with E-state index in [1.165, 1.54) is 10.6 Å². The Morgan fingerprint density at radius 2 is 1.74 bits per heavy atom. The SMILES string of the molecule is CCOC(=O)CCCOc1cc(-c2ccc3nc(-c4ccc(C)c(NC(=O)C(C)(C)C)c4)cn3n2)cc(C(F)(F)F)n1. The molecule has 0 atom stereocenters. The Balaban J connectivity index is 1.61. The van der Waals surface area contributed by atoms with Crippen LogP contribution in [-0.2, 0) is 20.5 Å². The number of nitrogens with zero attached hydrogens (tertiary/aromatic N) is 4. The van der Waals surface area contributed by atoms with Crippen molar-refractivity contribution in [3.63, 3.8) is 0 Å². The highest BCUT2D eigenvalue weighted by Crippen LogP contribution is 2.33. The van der Waals surface area contributed by atoms with E-state index in [-0.39, 0.29) is 49.1 Å². The largest absolute Gasteiger partial charge is 0.478 e. The second-order valence-corrected chi connectivity index (χ2v) is 10.7. The van der Waals surface area contributed by atoms with Crippen LogP contribution in [0.5, 0.6) is 5.88 Å². The fraction of sp³-hybridized carbons (Fsp3) is 0.367. The zero-order valence-electron chi connectivity index (χ0n) is 24.0. The maximum atomic E-state index is 13.7. The molecule has 222 valence electrons.